The first-order valence-electron chi connectivity index (χ1n) is 4.96. The van der Waals surface area contributed by atoms with Gasteiger partial charge in [-0.2, -0.15) is 0 Å². The van der Waals surface area contributed by atoms with Crippen molar-refractivity contribution in [3.8, 4) is 0 Å². The third-order valence-corrected chi connectivity index (χ3v) is 3.02. The highest BCUT2D eigenvalue weighted by molar-refractivity contribution is 4.89. The van der Waals surface area contributed by atoms with Crippen LogP contribution in [0.5, 0.6) is 0 Å². The van der Waals surface area contributed by atoms with Crippen LogP contribution < -0.4 is 0 Å². The Bertz CT molecular complexity index is 123. The Morgan fingerprint density at radius 2 is 2.00 bits per heavy atom. The van der Waals surface area contributed by atoms with Gasteiger partial charge in [0.2, 0.25) is 0 Å². The molecule has 0 saturated carbocycles. The highest BCUT2D eigenvalue weighted by Gasteiger charge is 2.35. The maximum atomic E-state index is 2.61. The molecular weight excluding hydrogens is 134 g/mol. The van der Waals surface area contributed by atoms with Crippen LogP contribution in [-0.2, 0) is 0 Å². The van der Waals surface area contributed by atoms with Crippen molar-refractivity contribution in [2.24, 2.45) is 17.8 Å². The van der Waals surface area contributed by atoms with Crippen molar-refractivity contribution in [2.75, 3.05) is 19.6 Å². The molecule has 3 heterocycles. The van der Waals surface area contributed by atoms with E-state index in [2.05, 4.69) is 18.7 Å². The quantitative estimate of drug-likeness (QED) is 0.586. The van der Waals surface area contributed by atoms with Crippen LogP contribution in [0.25, 0.3) is 0 Å². The Labute approximate surface area is 69.8 Å². The molecule has 0 aromatic heterocycles. The number of hydrogen-bond donors (Lipinski definition) is 0. The van der Waals surface area contributed by atoms with E-state index in [4.69, 9.17) is 0 Å². The third-order valence-electron chi connectivity index (χ3n) is 3.02. The van der Waals surface area contributed by atoms with Crippen LogP contribution in [0.2, 0.25) is 0 Å². The summed E-state index contributed by atoms with van der Waals surface area (Å²) in [5, 5.41) is 0. The smallest absolute Gasteiger partial charge is 0.00222 e. The summed E-state index contributed by atoms with van der Waals surface area (Å²) in [5.74, 6) is 3.01. The maximum absolute atomic E-state index is 2.61. The summed E-state index contributed by atoms with van der Waals surface area (Å²) in [5.41, 5.74) is 0. The molecule has 3 fully saturated rings. The topological polar surface area (TPSA) is 3.24 Å². The average Bonchev–Trinajstić information content (AvgIpc) is 1.83. The van der Waals surface area contributed by atoms with Gasteiger partial charge in [-0.3, -0.25) is 0 Å². The molecular formula is C10H19N. The fourth-order valence-corrected chi connectivity index (χ4v) is 2.72. The zero-order valence-electron chi connectivity index (χ0n) is 7.71. The Morgan fingerprint density at radius 3 is 2.45 bits per heavy atom. The predicted molar refractivity (Wildman–Crippen MR) is 47.5 cm³/mol. The van der Waals surface area contributed by atoms with Crippen molar-refractivity contribution in [3.63, 3.8) is 0 Å². The molecule has 1 nitrogen and oxygen atoms in total. The molecule has 3 aliphatic rings. The molecule has 1 atom stereocenters. The van der Waals surface area contributed by atoms with Gasteiger partial charge in [-0.25, -0.2) is 0 Å². The van der Waals surface area contributed by atoms with Crippen LogP contribution in [0.3, 0.4) is 0 Å². The SMILES string of the molecule is CC(C)CC1CC2CN(C1)C2. The minimum atomic E-state index is 0.902. The molecule has 0 aromatic rings. The summed E-state index contributed by atoms with van der Waals surface area (Å²) >= 11 is 0. The molecule has 1 unspecified atom stereocenters. The van der Waals surface area contributed by atoms with Crippen molar-refractivity contribution in [3.05, 3.63) is 0 Å². The van der Waals surface area contributed by atoms with Crippen LogP contribution in [0.4, 0.5) is 0 Å². The van der Waals surface area contributed by atoms with Gasteiger partial charge >= 0.3 is 0 Å². The zero-order valence-corrected chi connectivity index (χ0v) is 7.71. The number of nitrogens with zero attached hydrogens (tertiary/aromatic N) is 1. The van der Waals surface area contributed by atoms with E-state index in [0.29, 0.717) is 0 Å². The maximum Gasteiger partial charge on any atom is 0.00222 e. The lowest BCUT2D eigenvalue weighted by Gasteiger charge is -2.48. The van der Waals surface area contributed by atoms with Crippen LogP contribution in [0.1, 0.15) is 26.7 Å². The van der Waals surface area contributed by atoms with Crippen molar-refractivity contribution >= 4 is 0 Å². The molecule has 0 N–H and O–H groups in total. The van der Waals surface area contributed by atoms with Gasteiger partial charge in [-0.05, 0) is 30.6 Å². The monoisotopic (exact) mass is 153 g/mol. The minimum Gasteiger partial charge on any atom is -0.302 e. The van der Waals surface area contributed by atoms with Gasteiger partial charge in [0.05, 0.1) is 0 Å². The van der Waals surface area contributed by atoms with Crippen molar-refractivity contribution < 1.29 is 0 Å². The molecule has 1 heteroatoms. The standard InChI is InChI=1S/C10H19N/c1-8(2)3-9-4-10-6-11(5-9)7-10/h8-10H,3-7H2,1-2H3. The summed E-state index contributed by atoms with van der Waals surface area (Å²) in [6.07, 6.45) is 2.97. The molecule has 11 heavy (non-hydrogen) atoms. The first kappa shape index (κ1) is 7.60. The Morgan fingerprint density at radius 1 is 1.27 bits per heavy atom. The van der Waals surface area contributed by atoms with E-state index < -0.39 is 0 Å². The molecule has 64 valence electrons. The largest absolute Gasteiger partial charge is 0.302 e. The van der Waals surface area contributed by atoms with Gasteiger partial charge in [0.15, 0.2) is 0 Å². The van der Waals surface area contributed by atoms with E-state index in [1.54, 1.807) is 0 Å². The lowest BCUT2D eigenvalue weighted by Crippen LogP contribution is -2.54. The third kappa shape index (κ3) is 1.58. The summed E-state index contributed by atoms with van der Waals surface area (Å²) < 4.78 is 0. The highest BCUT2D eigenvalue weighted by Crippen LogP contribution is 2.33. The fourth-order valence-electron chi connectivity index (χ4n) is 2.72. The van der Waals surface area contributed by atoms with Crippen molar-refractivity contribution in [1.82, 2.24) is 4.90 Å². The molecule has 0 radical (unpaired) electrons. The zero-order chi connectivity index (χ0) is 7.84. The van der Waals surface area contributed by atoms with Gasteiger partial charge < -0.3 is 4.90 Å². The molecule has 3 rings (SSSR count). The molecule has 3 aliphatic heterocycles. The van der Waals surface area contributed by atoms with Gasteiger partial charge in [0.1, 0.15) is 0 Å². The van der Waals surface area contributed by atoms with Gasteiger partial charge in [-0.1, -0.05) is 13.8 Å². The van der Waals surface area contributed by atoms with Crippen molar-refractivity contribution in [2.45, 2.75) is 26.7 Å². The Hall–Kier alpha value is -0.0400. The van der Waals surface area contributed by atoms with E-state index in [9.17, 15) is 0 Å². The first-order chi connectivity index (χ1) is 5.24. The van der Waals surface area contributed by atoms with E-state index >= 15 is 0 Å². The van der Waals surface area contributed by atoms with E-state index in [1.807, 2.05) is 0 Å². The molecule has 0 aliphatic carbocycles. The second kappa shape index (κ2) is 2.78. The van der Waals surface area contributed by atoms with E-state index in [1.165, 1.54) is 32.5 Å². The summed E-state index contributed by atoms with van der Waals surface area (Å²) in [7, 11) is 0. The lowest BCUT2D eigenvalue weighted by molar-refractivity contribution is 0.00415. The Kier molecular flexibility index (Phi) is 1.92. The molecule has 2 bridgehead atoms. The van der Waals surface area contributed by atoms with Crippen LogP contribution in [0.15, 0.2) is 0 Å². The second-order valence-corrected chi connectivity index (χ2v) is 4.82. The summed E-state index contributed by atoms with van der Waals surface area (Å²) in [6.45, 7) is 8.91. The van der Waals surface area contributed by atoms with Crippen molar-refractivity contribution in [1.29, 1.82) is 0 Å². The minimum absolute atomic E-state index is 0.902. The van der Waals surface area contributed by atoms with Gasteiger partial charge in [0, 0.05) is 19.6 Å². The van der Waals surface area contributed by atoms with Crippen LogP contribution in [0, 0.1) is 17.8 Å². The van der Waals surface area contributed by atoms with Gasteiger partial charge in [0.25, 0.3) is 0 Å². The van der Waals surface area contributed by atoms with E-state index in [0.717, 1.165) is 17.8 Å². The summed E-state index contributed by atoms with van der Waals surface area (Å²) in [4.78, 5) is 2.61. The second-order valence-electron chi connectivity index (χ2n) is 4.82. The van der Waals surface area contributed by atoms with Crippen LogP contribution >= 0.6 is 0 Å². The number of rotatable bonds is 2. The number of hydrogen-bond acceptors (Lipinski definition) is 1. The highest BCUT2D eigenvalue weighted by atomic mass is 15.2. The molecule has 0 aromatic carbocycles. The Balaban J connectivity index is 1.79. The normalized spacial score (nSPS) is 42.3. The number of fused-ring (bicyclic) bond motifs is 2. The summed E-state index contributed by atoms with van der Waals surface area (Å²) in [6, 6.07) is 0. The average molecular weight is 153 g/mol. The first-order valence-corrected chi connectivity index (χ1v) is 4.96. The molecule has 3 saturated heterocycles. The number of piperidine rings is 2. The molecule has 0 amide bonds. The van der Waals surface area contributed by atoms with Gasteiger partial charge in [-0.15, -0.1) is 0 Å². The van der Waals surface area contributed by atoms with E-state index in [-0.39, 0.29) is 0 Å². The predicted octanol–water partition coefficient (Wildman–Crippen LogP) is 1.98. The lowest BCUT2D eigenvalue weighted by atomic mass is 9.79. The molecule has 0 spiro atoms. The fraction of sp³-hybridized carbons (Fsp3) is 1.00. The van der Waals surface area contributed by atoms with Crippen LogP contribution in [-0.4, -0.2) is 24.5 Å².